The Morgan fingerprint density at radius 3 is 2.93 bits per heavy atom. The number of aromatic nitrogens is 3. The number of para-hydroxylation sites is 1. The average Bonchev–Trinajstić information content (AvgIpc) is 3.29. The summed E-state index contributed by atoms with van der Waals surface area (Å²) in [6.07, 6.45) is 5.79. The molecule has 3 rings (SSSR count). The van der Waals surface area contributed by atoms with Gasteiger partial charge < -0.3 is 25.7 Å². The van der Waals surface area contributed by atoms with Crippen LogP contribution in [0.2, 0.25) is 0 Å². The van der Waals surface area contributed by atoms with E-state index >= 15 is 0 Å². The number of anilines is 1. The molecule has 28 heavy (non-hydrogen) atoms. The Hall–Kier alpha value is -3.33. The van der Waals surface area contributed by atoms with Crippen LogP contribution in [0.5, 0.6) is 0 Å². The molecule has 1 aromatic carbocycles. The first-order valence-electron chi connectivity index (χ1n) is 9.03. The fourth-order valence-electron chi connectivity index (χ4n) is 2.83. The van der Waals surface area contributed by atoms with Gasteiger partial charge in [0.1, 0.15) is 6.54 Å². The van der Waals surface area contributed by atoms with Crippen molar-refractivity contribution >= 4 is 28.5 Å². The number of ether oxygens (including phenoxy) is 1. The number of amides is 3. The zero-order valence-corrected chi connectivity index (χ0v) is 15.7. The predicted octanol–water partition coefficient (Wildman–Crippen LogP) is 1.49. The van der Waals surface area contributed by atoms with Crippen LogP contribution in [0.3, 0.4) is 0 Å². The number of rotatable bonds is 9. The standard InChI is InChI=1S/C19H24N6O3/c1-28-9-8-20-18(26)13-25-12-15(11-23-25)24-19(27)21-7-6-14-10-22-17-5-3-2-4-16(14)17/h2-5,10-12,22H,6-9,13H2,1H3,(H,20,26)(H2,21,24,27). The van der Waals surface area contributed by atoms with Crippen LogP contribution in [0.1, 0.15) is 5.56 Å². The summed E-state index contributed by atoms with van der Waals surface area (Å²) in [5.74, 6) is -0.171. The third-order valence-electron chi connectivity index (χ3n) is 4.18. The monoisotopic (exact) mass is 384 g/mol. The molecule has 3 aromatic rings. The Labute approximate surface area is 162 Å². The second-order valence-corrected chi connectivity index (χ2v) is 6.26. The van der Waals surface area contributed by atoms with Gasteiger partial charge in [-0.1, -0.05) is 18.2 Å². The minimum atomic E-state index is -0.316. The molecule has 148 valence electrons. The number of fused-ring (bicyclic) bond motifs is 1. The first kappa shape index (κ1) is 19.4. The van der Waals surface area contributed by atoms with Crippen molar-refractivity contribution in [3.8, 4) is 0 Å². The minimum absolute atomic E-state index is 0.0770. The summed E-state index contributed by atoms with van der Waals surface area (Å²) in [7, 11) is 1.57. The molecule has 0 atom stereocenters. The molecule has 0 saturated carbocycles. The quantitative estimate of drug-likeness (QED) is 0.419. The van der Waals surface area contributed by atoms with Crippen molar-refractivity contribution in [2.24, 2.45) is 0 Å². The molecule has 0 aliphatic carbocycles. The zero-order chi connectivity index (χ0) is 19.8. The lowest BCUT2D eigenvalue weighted by molar-refractivity contribution is -0.122. The Bertz CT molecular complexity index is 933. The van der Waals surface area contributed by atoms with Crippen LogP contribution in [-0.4, -0.2) is 53.5 Å². The number of H-pyrrole nitrogens is 1. The maximum absolute atomic E-state index is 12.1. The number of benzene rings is 1. The Morgan fingerprint density at radius 2 is 2.07 bits per heavy atom. The smallest absolute Gasteiger partial charge is 0.319 e. The van der Waals surface area contributed by atoms with Gasteiger partial charge in [-0.05, 0) is 18.1 Å². The Morgan fingerprint density at radius 1 is 1.21 bits per heavy atom. The summed E-state index contributed by atoms with van der Waals surface area (Å²) in [5, 5.41) is 13.5. The van der Waals surface area contributed by atoms with Gasteiger partial charge in [-0.2, -0.15) is 5.10 Å². The van der Waals surface area contributed by atoms with Crippen LogP contribution in [0.15, 0.2) is 42.9 Å². The highest BCUT2D eigenvalue weighted by molar-refractivity contribution is 5.89. The molecule has 0 aliphatic heterocycles. The van der Waals surface area contributed by atoms with E-state index in [-0.39, 0.29) is 18.5 Å². The highest BCUT2D eigenvalue weighted by Crippen LogP contribution is 2.17. The van der Waals surface area contributed by atoms with E-state index in [1.807, 2.05) is 24.4 Å². The lowest BCUT2D eigenvalue weighted by Crippen LogP contribution is -2.31. The van der Waals surface area contributed by atoms with E-state index in [9.17, 15) is 9.59 Å². The van der Waals surface area contributed by atoms with Gasteiger partial charge in [0.15, 0.2) is 0 Å². The van der Waals surface area contributed by atoms with Crippen molar-refractivity contribution in [1.29, 1.82) is 0 Å². The van der Waals surface area contributed by atoms with Gasteiger partial charge in [-0.15, -0.1) is 0 Å². The molecular formula is C19H24N6O3. The number of hydrogen-bond donors (Lipinski definition) is 4. The molecule has 0 spiro atoms. The number of urea groups is 1. The summed E-state index contributed by atoms with van der Waals surface area (Å²) in [6.45, 7) is 1.48. The number of hydrogen-bond acceptors (Lipinski definition) is 4. The van der Waals surface area contributed by atoms with E-state index in [4.69, 9.17) is 4.74 Å². The van der Waals surface area contributed by atoms with E-state index in [0.717, 1.165) is 22.9 Å². The second kappa shape index (κ2) is 9.56. The first-order chi connectivity index (χ1) is 13.7. The number of carbonyl (C=O) groups excluding carboxylic acids is 2. The van der Waals surface area contributed by atoms with E-state index < -0.39 is 0 Å². The van der Waals surface area contributed by atoms with Crippen LogP contribution in [0, 0.1) is 0 Å². The molecule has 2 heterocycles. The van der Waals surface area contributed by atoms with Crippen LogP contribution in [0.4, 0.5) is 10.5 Å². The summed E-state index contributed by atoms with van der Waals surface area (Å²) >= 11 is 0. The molecule has 0 radical (unpaired) electrons. The molecule has 0 bridgehead atoms. The van der Waals surface area contributed by atoms with E-state index in [1.165, 1.54) is 10.9 Å². The largest absolute Gasteiger partial charge is 0.383 e. The normalized spacial score (nSPS) is 10.8. The zero-order valence-electron chi connectivity index (χ0n) is 15.7. The van der Waals surface area contributed by atoms with Gasteiger partial charge in [0.25, 0.3) is 0 Å². The lowest BCUT2D eigenvalue weighted by atomic mass is 10.1. The number of nitrogens with one attached hydrogen (secondary N) is 4. The number of methoxy groups -OCH3 is 1. The highest BCUT2D eigenvalue weighted by atomic mass is 16.5. The van der Waals surface area contributed by atoms with Gasteiger partial charge in [0, 0.05) is 43.5 Å². The lowest BCUT2D eigenvalue weighted by Gasteiger charge is -2.06. The SMILES string of the molecule is COCCNC(=O)Cn1cc(NC(=O)NCCc2c[nH]c3ccccc23)cn1. The van der Waals surface area contributed by atoms with Crippen molar-refractivity contribution in [2.45, 2.75) is 13.0 Å². The molecule has 0 aliphatic rings. The van der Waals surface area contributed by atoms with Crippen molar-refractivity contribution in [3.05, 3.63) is 48.4 Å². The number of aromatic amines is 1. The van der Waals surface area contributed by atoms with Crippen LogP contribution in [0.25, 0.3) is 10.9 Å². The summed E-state index contributed by atoms with van der Waals surface area (Å²) < 4.78 is 6.34. The minimum Gasteiger partial charge on any atom is -0.383 e. The third-order valence-corrected chi connectivity index (χ3v) is 4.18. The molecule has 4 N–H and O–H groups in total. The summed E-state index contributed by atoms with van der Waals surface area (Å²) in [4.78, 5) is 27.0. The number of carbonyl (C=O) groups is 2. The molecular weight excluding hydrogens is 360 g/mol. The second-order valence-electron chi connectivity index (χ2n) is 6.26. The Balaban J connectivity index is 1.41. The van der Waals surface area contributed by atoms with Gasteiger partial charge in [-0.3, -0.25) is 9.48 Å². The maximum Gasteiger partial charge on any atom is 0.319 e. The molecule has 0 saturated heterocycles. The first-order valence-corrected chi connectivity index (χ1v) is 9.03. The Kier molecular flexibility index (Phi) is 6.64. The van der Waals surface area contributed by atoms with E-state index in [2.05, 4.69) is 32.1 Å². The van der Waals surface area contributed by atoms with E-state index in [0.29, 0.717) is 25.4 Å². The molecule has 9 heteroatoms. The van der Waals surface area contributed by atoms with Crippen molar-refractivity contribution < 1.29 is 14.3 Å². The van der Waals surface area contributed by atoms with Gasteiger partial charge in [-0.25, -0.2) is 4.79 Å². The molecule has 0 fully saturated rings. The van der Waals surface area contributed by atoms with E-state index in [1.54, 1.807) is 13.3 Å². The molecule has 9 nitrogen and oxygen atoms in total. The number of nitrogens with zero attached hydrogens (tertiary/aromatic N) is 2. The van der Waals surface area contributed by atoms with Crippen LogP contribution < -0.4 is 16.0 Å². The summed E-state index contributed by atoms with van der Waals surface area (Å²) in [6, 6.07) is 7.74. The van der Waals surface area contributed by atoms with Gasteiger partial charge >= 0.3 is 6.03 Å². The van der Waals surface area contributed by atoms with Crippen molar-refractivity contribution in [3.63, 3.8) is 0 Å². The third kappa shape index (κ3) is 5.34. The van der Waals surface area contributed by atoms with Crippen molar-refractivity contribution in [2.75, 3.05) is 32.1 Å². The fourth-order valence-corrected chi connectivity index (χ4v) is 2.83. The van der Waals surface area contributed by atoms with Gasteiger partial charge in [0.2, 0.25) is 5.91 Å². The molecule has 2 aromatic heterocycles. The summed E-state index contributed by atoms with van der Waals surface area (Å²) in [5.41, 5.74) is 2.76. The molecule has 0 unspecified atom stereocenters. The van der Waals surface area contributed by atoms with Crippen molar-refractivity contribution in [1.82, 2.24) is 25.4 Å². The van der Waals surface area contributed by atoms with Gasteiger partial charge in [0.05, 0.1) is 18.5 Å². The topological polar surface area (TPSA) is 113 Å². The maximum atomic E-state index is 12.1. The predicted molar refractivity (Wildman–Crippen MR) is 106 cm³/mol. The molecule has 3 amide bonds. The van der Waals surface area contributed by atoms with Crippen LogP contribution in [-0.2, 0) is 22.5 Å². The highest BCUT2D eigenvalue weighted by Gasteiger charge is 2.08. The van der Waals surface area contributed by atoms with Crippen LogP contribution >= 0.6 is 0 Å². The fraction of sp³-hybridized carbons (Fsp3) is 0.316. The average molecular weight is 384 g/mol.